The molecule has 0 atom stereocenters. The van der Waals surface area contributed by atoms with Crippen LogP contribution in [0.5, 0.6) is 0 Å². The highest BCUT2D eigenvalue weighted by Crippen LogP contribution is 2.14. The van der Waals surface area contributed by atoms with E-state index in [1.807, 2.05) is 28.9 Å². The molecule has 5 nitrogen and oxygen atoms in total. The average molecular weight is 392 g/mol. The van der Waals surface area contributed by atoms with Gasteiger partial charge in [-0.3, -0.25) is 4.99 Å². The summed E-state index contributed by atoms with van der Waals surface area (Å²) in [5.41, 5.74) is 1.90. The molecule has 3 rings (SSSR count). The topological polar surface area (TPSA) is 53.7 Å². The molecule has 0 saturated carbocycles. The maximum atomic E-state index is 4.58. The monoisotopic (exact) mass is 391 g/mol. The van der Waals surface area contributed by atoms with E-state index in [1.165, 1.54) is 9.75 Å². The van der Waals surface area contributed by atoms with Crippen LogP contribution in [0, 0.1) is 6.92 Å². The van der Waals surface area contributed by atoms with Gasteiger partial charge in [-0.05, 0) is 47.1 Å². The molecule has 120 valence electrons. The van der Waals surface area contributed by atoms with Crippen molar-refractivity contribution in [2.45, 2.75) is 20.0 Å². The van der Waals surface area contributed by atoms with E-state index in [4.69, 9.17) is 0 Å². The fourth-order valence-corrected chi connectivity index (χ4v) is 3.43. The van der Waals surface area contributed by atoms with Gasteiger partial charge >= 0.3 is 0 Å². The van der Waals surface area contributed by atoms with Gasteiger partial charge in [-0.1, -0.05) is 0 Å². The molecule has 0 unspecified atom stereocenters. The summed E-state index contributed by atoms with van der Waals surface area (Å²) < 4.78 is 3.04. The van der Waals surface area contributed by atoms with Crippen LogP contribution in [-0.2, 0) is 13.1 Å². The number of nitrogens with zero attached hydrogens (tertiary/aromatic N) is 3. The summed E-state index contributed by atoms with van der Waals surface area (Å²) in [7, 11) is 1.77. The Kier molecular flexibility index (Phi) is 4.97. The van der Waals surface area contributed by atoms with Crippen molar-refractivity contribution in [1.82, 2.24) is 20.0 Å². The van der Waals surface area contributed by atoms with E-state index in [-0.39, 0.29) is 0 Å². The lowest BCUT2D eigenvalue weighted by atomic mass is 10.4. The maximum Gasteiger partial charge on any atom is 0.191 e. The number of imidazole rings is 1. The van der Waals surface area contributed by atoms with E-state index in [9.17, 15) is 0 Å². The number of guanidine groups is 1. The second kappa shape index (κ2) is 7.14. The molecule has 0 radical (unpaired) electrons. The van der Waals surface area contributed by atoms with Crippen LogP contribution in [0.1, 0.15) is 15.4 Å². The predicted molar refractivity (Wildman–Crippen MR) is 99.0 cm³/mol. The van der Waals surface area contributed by atoms with Gasteiger partial charge in [-0.15, -0.1) is 11.3 Å². The number of aliphatic imine (C=N–C) groups is 1. The first-order chi connectivity index (χ1) is 11.1. The van der Waals surface area contributed by atoms with Crippen molar-refractivity contribution < 1.29 is 0 Å². The lowest BCUT2D eigenvalue weighted by Gasteiger charge is -2.09. The zero-order valence-electron chi connectivity index (χ0n) is 13.0. The third-order valence-corrected chi connectivity index (χ3v) is 4.82. The molecule has 0 fully saturated rings. The van der Waals surface area contributed by atoms with Crippen LogP contribution < -0.4 is 10.6 Å². The first-order valence-corrected chi connectivity index (χ1v) is 8.88. The summed E-state index contributed by atoms with van der Waals surface area (Å²) in [6.07, 6.45) is 4.01. The Morgan fingerprint density at radius 3 is 2.78 bits per heavy atom. The van der Waals surface area contributed by atoms with Gasteiger partial charge in [-0.25, -0.2) is 4.98 Å². The molecular formula is C16H18BrN5S. The molecule has 0 aliphatic carbocycles. The molecule has 2 N–H and O–H groups in total. The zero-order chi connectivity index (χ0) is 16.2. The number of aryl methyl sites for hydroxylation is 1. The molecule has 0 saturated heterocycles. The van der Waals surface area contributed by atoms with E-state index in [1.54, 1.807) is 18.4 Å². The molecule has 0 spiro atoms. The molecule has 3 aromatic rings. The van der Waals surface area contributed by atoms with Crippen molar-refractivity contribution in [2.24, 2.45) is 4.99 Å². The number of fused-ring (bicyclic) bond motifs is 1. The van der Waals surface area contributed by atoms with Gasteiger partial charge in [0.2, 0.25) is 0 Å². The summed E-state index contributed by atoms with van der Waals surface area (Å²) in [4.78, 5) is 11.4. The minimum absolute atomic E-state index is 0.627. The molecule has 3 aromatic heterocycles. The van der Waals surface area contributed by atoms with Crippen molar-refractivity contribution in [3.8, 4) is 0 Å². The molecule has 0 amide bonds. The number of nitrogens with one attached hydrogen (secondary N) is 2. The highest BCUT2D eigenvalue weighted by Gasteiger charge is 2.04. The first kappa shape index (κ1) is 16.0. The highest BCUT2D eigenvalue weighted by molar-refractivity contribution is 9.10. The summed E-state index contributed by atoms with van der Waals surface area (Å²) in [5, 5.41) is 6.61. The number of pyridine rings is 1. The van der Waals surface area contributed by atoms with Crippen LogP contribution in [0.2, 0.25) is 0 Å². The normalized spacial score (nSPS) is 11.9. The van der Waals surface area contributed by atoms with E-state index in [0.29, 0.717) is 6.54 Å². The Morgan fingerprint density at radius 1 is 1.22 bits per heavy atom. The fourth-order valence-electron chi connectivity index (χ4n) is 2.25. The first-order valence-electron chi connectivity index (χ1n) is 7.27. The van der Waals surface area contributed by atoms with Crippen molar-refractivity contribution in [2.75, 3.05) is 7.05 Å². The quantitative estimate of drug-likeness (QED) is 0.529. The van der Waals surface area contributed by atoms with Gasteiger partial charge < -0.3 is 15.0 Å². The van der Waals surface area contributed by atoms with Gasteiger partial charge in [0.25, 0.3) is 0 Å². The lowest BCUT2D eigenvalue weighted by Crippen LogP contribution is -2.36. The summed E-state index contributed by atoms with van der Waals surface area (Å²) in [5.74, 6) is 0.772. The molecule has 0 aliphatic heterocycles. The van der Waals surface area contributed by atoms with Crippen LogP contribution in [0.25, 0.3) is 5.65 Å². The third-order valence-electron chi connectivity index (χ3n) is 3.35. The van der Waals surface area contributed by atoms with Gasteiger partial charge in [0.15, 0.2) is 5.96 Å². The predicted octanol–water partition coefficient (Wildman–Crippen LogP) is 3.33. The Labute approximate surface area is 147 Å². The summed E-state index contributed by atoms with van der Waals surface area (Å²) in [6.45, 7) is 3.52. The molecule has 3 heterocycles. The van der Waals surface area contributed by atoms with Gasteiger partial charge in [0.1, 0.15) is 5.65 Å². The Hall–Kier alpha value is -1.86. The van der Waals surface area contributed by atoms with Crippen LogP contribution in [0.3, 0.4) is 0 Å². The fraction of sp³-hybridized carbons (Fsp3) is 0.250. The van der Waals surface area contributed by atoms with Crippen molar-refractivity contribution in [1.29, 1.82) is 0 Å². The zero-order valence-corrected chi connectivity index (χ0v) is 15.4. The Morgan fingerprint density at radius 2 is 2.04 bits per heavy atom. The SMILES string of the molecule is CN=C(NCc1cn2cc(Br)ccc2n1)NCc1ccc(C)s1. The number of hydrogen-bond acceptors (Lipinski definition) is 3. The third kappa shape index (κ3) is 4.11. The van der Waals surface area contributed by atoms with E-state index < -0.39 is 0 Å². The standard InChI is InChI=1S/C16H18BrN5S/c1-11-3-5-14(23-11)8-20-16(18-2)19-7-13-10-22-9-12(17)4-6-15(22)21-13/h3-6,9-10H,7-8H2,1-2H3,(H2,18,19,20). The van der Waals surface area contributed by atoms with Crippen LogP contribution in [0.15, 0.2) is 46.1 Å². The Bertz CT molecular complexity index is 836. The van der Waals surface area contributed by atoms with E-state index in [0.717, 1.165) is 28.3 Å². The summed E-state index contributed by atoms with van der Waals surface area (Å²) >= 11 is 5.26. The van der Waals surface area contributed by atoms with Gasteiger partial charge in [-0.2, -0.15) is 0 Å². The van der Waals surface area contributed by atoms with Crippen molar-refractivity contribution in [3.63, 3.8) is 0 Å². The largest absolute Gasteiger partial charge is 0.352 e. The van der Waals surface area contributed by atoms with Crippen LogP contribution in [0.4, 0.5) is 0 Å². The lowest BCUT2D eigenvalue weighted by molar-refractivity contribution is 0.804. The number of hydrogen-bond donors (Lipinski definition) is 2. The molecule has 7 heteroatoms. The molecule has 0 aliphatic rings. The number of halogens is 1. The van der Waals surface area contributed by atoms with E-state index >= 15 is 0 Å². The van der Waals surface area contributed by atoms with Gasteiger partial charge in [0.05, 0.1) is 18.8 Å². The molecule has 0 aromatic carbocycles. The molecular weight excluding hydrogens is 374 g/mol. The summed E-state index contributed by atoms with van der Waals surface area (Å²) in [6, 6.07) is 8.25. The minimum atomic E-state index is 0.627. The van der Waals surface area contributed by atoms with Crippen molar-refractivity contribution >= 4 is 38.9 Å². The van der Waals surface area contributed by atoms with E-state index in [2.05, 4.69) is 55.6 Å². The average Bonchev–Trinajstić information content (AvgIpc) is 3.12. The van der Waals surface area contributed by atoms with Gasteiger partial charge in [0, 0.05) is 33.7 Å². The number of aromatic nitrogens is 2. The highest BCUT2D eigenvalue weighted by atomic mass is 79.9. The van der Waals surface area contributed by atoms with Crippen LogP contribution >= 0.6 is 27.3 Å². The molecule has 23 heavy (non-hydrogen) atoms. The number of thiophene rings is 1. The Balaban J connectivity index is 1.58. The second-order valence-corrected chi connectivity index (χ2v) is 7.42. The minimum Gasteiger partial charge on any atom is -0.352 e. The maximum absolute atomic E-state index is 4.58. The molecule has 0 bridgehead atoms. The van der Waals surface area contributed by atoms with Crippen LogP contribution in [-0.4, -0.2) is 22.4 Å². The number of rotatable bonds is 4. The van der Waals surface area contributed by atoms with Crippen molar-refractivity contribution in [3.05, 3.63) is 56.6 Å². The smallest absolute Gasteiger partial charge is 0.191 e. The second-order valence-electron chi connectivity index (χ2n) is 5.14.